The van der Waals surface area contributed by atoms with Crippen LogP contribution in [0.5, 0.6) is 5.75 Å². The van der Waals surface area contributed by atoms with Gasteiger partial charge in [0, 0.05) is 11.3 Å². The smallest absolute Gasteiger partial charge is 0.254 e. The Kier molecular flexibility index (Phi) is 4.61. The number of hydrogen-bond acceptors (Lipinski definition) is 5. The SMILES string of the molecule is Cc1nc2ncnn2c(NCCOc2ccc(C(C)(C)C)cc2)c1C. The van der Waals surface area contributed by atoms with Gasteiger partial charge in [-0.05, 0) is 37.0 Å². The number of aromatic nitrogens is 4. The summed E-state index contributed by atoms with van der Waals surface area (Å²) in [6, 6.07) is 8.30. The number of aryl methyl sites for hydroxylation is 1. The number of fused-ring (bicyclic) bond motifs is 1. The summed E-state index contributed by atoms with van der Waals surface area (Å²) >= 11 is 0. The number of nitrogens with zero attached hydrogens (tertiary/aromatic N) is 4. The van der Waals surface area contributed by atoms with Crippen LogP contribution in [0.4, 0.5) is 5.82 Å². The highest BCUT2D eigenvalue weighted by molar-refractivity contribution is 5.51. The van der Waals surface area contributed by atoms with E-state index < -0.39 is 0 Å². The molecule has 0 bridgehead atoms. The molecule has 0 saturated heterocycles. The van der Waals surface area contributed by atoms with Crippen LogP contribution in [0.3, 0.4) is 0 Å². The maximum atomic E-state index is 5.84. The molecule has 0 radical (unpaired) electrons. The molecule has 0 aliphatic carbocycles. The Morgan fingerprint density at radius 3 is 2.52 bits per heavy atom. The van der Waals surface area contributed by atoms with E-state index in [2.05, 4.69) is 53.3 Å². The summed E-state index contributed by atoms with van der Waals surface area (Å²) in [6.07, 6.45) is 1.51. The van der Waals surface area contributed by atoms with E-state index in [1.165, 1.54) is 11.9 Å². The molecule has 3 aromatic rings. The molecule has 6 heteroatoms. The van der Waals surface area contributed by atoms with Crippen molar-refractivity contribution in [1.29, 1.82) is 0 Å². The average Bonchev–Trinajstić information content (AvgIpc) is 3.02. The minimum atomic E-state index is 0.153. The monoisotopic (exact) mass is 339 g/mol. The van der Waals surface area contributed by atoms with Gasteiger partial charge in [0.15, 0.2) is 0 Å². The van der Waals surface area contributed by atoms with Crippen LogP contribution in [0.1, 0.15) is 37.6 Å². The number of nitrogens with one attached hydrogen (secondary N) is 1. The number of hydrogen-bond donors (Lipinski definition) is 1. The lowest BCUT2D eigenvalue weighted by Gasteiger charge is -2.19. The summed E-state index contributed by atoms with van der Waals surface area (Å²) in [4.78, 5) is 8.57. The Morgan fingerprint density at radius 1 is 1.12 bits per heavy atom. The van der Waals surface area contributed by atoms with Crippen LogP contribution >= 0.6 is 0 Å². The van der Waals surface area contributed by atoms with Crippen LogP contribution in [0.25, 0.3) is 5.78 Å². The largest absolute Gasteiger partial charge is 0.492 e. The Labute approximate surface area is 148 Å². The third-order valence-electron chi connectivity index (χ3n) is 4.29. The molecular weight excluding hydrogens is 314 g/mol. The van der Waals surface area contributed by atoms with Gasteiger partial charge in [0.05, 0.1) is 6.54 Å². The fraction of sp³-hybridized carbons (Fsp3) is 0.421. The summed E-state index contributed by atoms with van der Waals surface area (Å²) in [5.74, 6) is 2.39. The van der Waals surface area contributed by atoms with Gasteiger partial charge in [0.25, 0.3) is 5.78 Å². The standard InChI is InChI=1S/C19H25N5O/c1-13-14(2)23-18-21-12-22-24(18)17(13)20-10-11-25-16-8-6-15(7-9-16)19(3,4)5/h6-9,12,20H,10-11H2,1-5H3. The molecule has 25 heavy (non-hydrogen) atoms. The first-order valence-corrected chi connectivity index (χ1v) is 8.50. The first-order valence-electron chi connectivity index (χ1n) is 8.50. The van der Waals surface area contributed by atoms with Crippen molar-refractivity contribution in [3.8, 4) is 5.75 Å². The van der Waals surface area contributed by atoms with Crippen LogP contribution in [-0.2, 0) is 5.41 Å². The van der Waals surface area contributed by atoms with E-state index in [0.29, 0.717) is 18.9 Å². The van der Waals surface area contributed by atoms with Crippen molar-refractivity contribution in [1.82, 2.24) is 19.6 Å². The zero-order chi connectivity index (χ0) is 18.0. The van der Waals surface area contributed by atoms with Gasteiger partial charge >= 0.3 is 0 Å². The van der Waals surface area contributed by atoms with E-state index >= 15 is 0 Å². The number of ether oxygens (including phenoxy) is 1. The molecule has 1 aromatic carbocycles. The van der Waals surface area contributed by atoms with Crippen molar-refractivity contribution >= 4 is 11.6 Å². The summed E-state index contributed by atoms with van der Waals surface area (Å²) in [5, 5.41) is 7.61. The lowest BCUT2D eigenvalue weighted by molar-refractivity contribution is 0.332. The molecule has 0 spiro atoms. The third kappa shape index (κ3) is 3.73. The van der Waals surface area contributed by atoms with Gasteiger partial charge in [-0.25, -0.2) is 4.98 Å². The van der Waals surface area contributed by atoms with E-state index in [-0.39, 0.29) is 5.41 Å². The molecule has 2 aromatic heterocycles. The van der Waals surface area contributed by atoms with Crippen molar-refractivity contribution < 1.29 is 4.74 Å². The van der Waals surface area contributed by atoms with Gasteiger partial charge in [0.1, 0.15) is 24.5 Å². The van der Waals surface area contributed by atoms with Gasteiger partial charge in [-0.15, -0.1) is 0 Å². The summed E-state index contributed by atoms with van der Waals surface area (Å²) < 4.78 is 7.56. The second-order valence-corrected chi connectivity index (χ2v) is 7.19. The minimum Gasteiger partial charge on any atom is -0.492 e. The molecule has 3 rings (SSSR count). The highest BCUT2D eigenvalue weighted by Gasteiger charge is 2.13. The van der Waals surface area contributed by atoms with Gasteiger partial charge in [-0.2, -0.15) is 14.6 Å². The second kappa shape index (κ2) is 6.70. The topological polar surface area (TPSA) is 64.3 Å². The predicted octanol–water partition coefficient (Wildman–Crippen LogP) is 3.53. The van der Waals surface area contributed by atoms with Gasteiger partial charge in [-0.1, -0.05) is 32.9 Å². The molecule has 2 heterocycles. The lowest BCUT2D eigenvalue weighted by Crippen LogP contribution is -2.16. The average molecular weight is 339 g/mol. The molecule has 0 unspecified atom stereocenters. The van der Waals surface area contributed by atoms with E-state index in [9.17, 15) is 0 Å². The van der Waals surface area contributed by atoms with Crippen LogP contribution in [-0.4, -0.2) is 32.7 Å². The zero-order valence-corrected chi connectivity index (χ0v) is 15.5. The van der Waals surface area contributed by atoms with Crippen LogP contribution in [0, 0.1) is 13.8 Å². The highest BCUT2D eigenvalue weighted by atomic mass is 16.5. The Balaban J connectivity index is 1.61. The minimum absolute atomic E-state index is 0.153. The summed E-state index contributed by atoms with van der Waals surface area (Å²) in [5.41, 5.74) is 3.46. The van der Waals surface area contributed by atoms with Crippen molar-refractivity contribution in [3.05, 3.63) is 47.4 Å². The summed E-state index contributed by atoms with van der Waals surface area (Å²) in [7, 11) is 0. The van der Waals surface area contributed by atoms with E-state index in [1.807, 2.05) is 26.0 Å². The van der Waals surface area contributed by atoms with Gasteiger partial charge in [-0.3, -0.25) is 0 Å². The molecule has 0 fully saturated rings. The normalized spacial score (nSPS) is 11.7. The lowest BCUT2D eigenvalue weighted by atomic mass is 9.87. The molecule has 0 saturated carbocycles. The Hall–Kier alpha value is -2.63. The summed E-state index contributed by atoms with van der Waals surface area (Å²) in [6.45, 7) is 11.8. The number of benzene rings is 1. The fourth-order valence-electron chi connectivity index (χ4n) is 2.63. The maximum absolute atomic E-state index is 5.84. The molecular formula is C19H25N5O. The zero-order valence-electron chi connectivity index (χ0n) is 15.5. The maximum Gasteiger partial charge on any atom is 0.254 e. The van der Waals surface area contributed by atoms with Crippen molar-refractivity contribution in [3.63, 3.8) is 0 Å². The molecule has 6 nitrogen and oxygen atoms in total. The van der Waals surface area contributed by atoms with Crippen molar-refractivity contribution in [2.24, 2.45) is 0 Å². The van der Waals surface area contributed by atoms with Crippen molar-refractivity contribution in [2.45, 2.75) is 40.0 Å². The third-order valence-corrected chi connectivity index (χ3v) is 4.29. The van der Waals surface area contributed by atoms with E-state index in [0.717, 1.165) is 22.8 Å². The Morgan fingerprint density at radius 2 is 1.84 bits per heavy atom. The Bertz CT molecular complexity index is 862. The van der Waals surface area contributed by atoms with E-state index in [4.69, 9.17) is 4.74 Å². The predicted molar refractivity (Wildman–Crippen MR) is 99.4 cm³/mol. The first-order chi connectivity index (χ1) is 11.9. The second-order valence-electron chi connectivity index (χ2n) is 7.19. The molecule has 0 aliphatic heterocycles. The molecule has 132 valence electrons. The molecule has 1 N–H and O–H groups in total. The number of anilines is 1. The van der Waals surface area contributed by atoms with Crippen molar-refractivity contribution in [2.75, 3.05) is 18.5 Å². The van der Waals surface area contributed by atoms with Gasteiger partial charge < -0.3 is 10.1 Å². The molecule has 0 amide bonds. The highest BCUT2D eigenvalue weighted by Crippen LogP contribution is 2.24. The number of rotatable bonds is 5. The molecule has 0 atom stereocenters. The first kappa shape index (κ1) is 17.2. The van der Waals surface area contributed by atoms with Crippen LogP contribution < -0.4 is 10.1 Å². The quantitative estimate of drug-likeness (QED) is 0.721. The van der Waals surface area contributed by atoms with Crippen LogP contribution in [0.15, 0.2) is 30.6 Å². The van der Waals surface area contributed by atoms with Gasteiger partial charge in [0.2, 0.25) is 0 Å². The molecule has 0 aliphatic rings. The van der Waals surface area contributed by atoms with E-state index in [1.54, 1.807) is 4.52 Å². The fourth-order valence-corrected chi connectivity index (χ4v) is 2.63. The van der Waals surface area contributed by atoms with Crippen LogP contribution in [0.2, 0.25) is 0 Å².